The Bertz CT molecular complexity index is 1150. The summed E-state index contributed by atoms with van der Waals surface area (Å²) in [5.41, 5.74) is 3.51. The Balaban J connectivity index is 1.69. The first-order chi connectivity index (χ1) is 13.7. The second-order valence-electron chi connectivity index (χ2n) is 6.63. The van der Waals surface area contributed by atoms with Crippen LogP contribution in [0.5, 0.6) is 0 Å². The third-order valence-electron chi connectivity index (χ3n) is 4.73. The molecule has 0 atom stereocenters. The van der Waals surface area contributed by atoms with Crippen molar-refractivity contribution in [2.45, 2.75) is 12.3 Å². The average Bonchev–Trinajstić information content (AvgIpc) is 2.73. The molecule has 1 N–H and O–H groups in total. The van der Waals surface area contributed by atoms with Crippen LogP contribution in [0.1, 0.15) is 5.56 Å². The molecule has 0 spiro atoms. The van der Waals surface area contributed by atoms with Gasteiger partial charge in [0.15, 0.2) is 5.43 Å². The van der Waals surface area contributed by atoms with Crippen molar-refractivity contribution >= 4 is 45.2 Å². The number of amides is 1. The molecule has 0 saturated carbocycles. The molecule has 0 saturated heterocycles. The Morgan fingerprint density at radius 3 is 2.04 bits per heavy atom. The lowest BCUT2D eigenvalue weighted by Gasteiger charge is -2.15. The van der Waals surface area contributed by atoms with Gasteiger partial charge >= 0.3 is 0 Å². The standard InChI is InChI=1S/C23H20N2O2S/c1-28-15-16-10-12-17(13-11-16)24-22(26)14-25-20-8-4-2-6-18(20)23(27)19-7-3-5-9-21(19)25/h2-13H,14-15H2,1H3,(H,24,26). The van der Waals surface area contributed by atoms with Crippen molar-refractivity contribution < 1.29 is 4.79 Å². The lowest BCUT2D eigenvalue weighted by atomic mass is 10.1. The van der Waals surface area contributed by atoms with Gasteiger partial charge in [0.05, 0.1) is 11.0 Å². The molecule has 0 aliphatic carbocycles. The van der Waals surface area contributed by atoms with Crippen LogP contribution in [0.15, 0.2) is 77.6 Å². The van der Waals surface area contributed by atoms with Gasteiger partial charge in [0.1, 0.15) is 6.54 Å². The largest absolute Gasteiger partial charge is 0.331 e. The van der Waals surface area contributed by atoms with Crippen LogP contribution in [-0.4, -0.2) is 16.7 Å². The highest BCUT2D eigenvalue weighted by Crippen LogP contribution is 2.20. The van der Waals surface area contributed by atoms with Gasteiger partial charge in [-0.3, -0.25) is 9.59 Å². The molecule has 0 aliphatic rings. The maximum Gasteiger partial charge on any atom is 0.244 e. The Hall–Kier alpha value is -3.05. The van der Waals surface area contributed by atoms with Gasteiger partial charge in [0.2, 0.25) is 5.91 Å². The van der Waals surface area contributed by atoms with Gasteiger partial charge in [-0.05, 0) is 48.2 Å². The van der Waals surface area contributed by atoms with Gasteiger partial charge in [0.25, 0.3) is 0 Å². The normalized spacial score (nSPS) is 11.0. The fourth-order valence-corrected chi connectivity index (χ4v) is 3.97. The molecular formula is C23H20N2O2S. The molecule has 0 radical (unpaired) electrons. The van der Waals surface area contributed by atoms with E-state index in [0.29, 0.717) is 10.8 Å². The van der Waals surface area contributed by atoms with Gasteiger partial charge in [-0.15, -0.1) is 0 Å². The molecule has 4 rings (SSSR count). The maximum atomic E-state index is 12.8. The average molecular weight is 388 g/mol. The minimum Gasteiger partial charge on any atom is -0.331 e. The summed E-state index contributed by atoms with van der Waals surface area (Å²) in [7, 11) is 0. The zero-order valence-corrected chi connectivity index (χ0v) is 16.3. The van der Waals surface area contributed by atoms with Gasteiger partial charge < -0.3 is 9.88 Å². The van der Waals surface area contributed by atoms with Crippen LogP contribution in [0, 0.1) is 0 Å². The molecule has 4 aromatic rings. The highest BCUT2D eigenvalue weighted by atomic mass is 32.2. The third-order valence-corrected chi connectivity index (χ3v) is 5.35. The molecule has 28 heavy (non-hydrogen) atoms. The smallest absolute Gasteiger partial charge is 0.244 e. The number of nitrogens with zero attached hydrogens (tertiary/aromatic N) is 1. The first-order valence-corrected chi connectivity index (χ1v) is 10.4. The number of carbonyl (C=O) groups excluding carboxylic acids is 1. The lowest BCUT2D eigenvalue weighted by Crippen LogP contribution is -2.21. The van der Waals surface area contributed by atoms with E-state index in [0.717, 1.165) is 22.5 Å². The molecule has 1 aromatic heterocycles. The van der Waals surface area contributed by atoms with E-state index in [1.807, 2.05) is 77.4 Å². The number of hydrogen-bond acceptors (Lipinski definition) is 3. The Morgan fingerprint density at radius 1 is 0.893 bits per heavy atom. The van der Waals surface area contributed by atoms with E-state index >= 15 is 0 Å². The monoisotopic (exact) mass is 388 g/mol. The number of rotatable bonds is 5. The Morgan fingerprint density at radius 2 is 1.46 bits per heavy atom. The van der Waals surface area contributed by atoms with Crippen LogP contribution in [0.3, 0.4) is 0 Å². The number of carbonyl (C=O) groups is 1. The number of aromatic nitrogens is 1. The minimum atomic E-state index is -0.128. The molecule has 0 unspecified atom stereocenters. The van der Waals surface area contributed by atoms with E-state index in [-0.39, 0.29) is 17.9 Å². The predicted molar refractivity (Wildman–Crippen MR) is 118 cm³/mol. The summed E-state index contributed by atoms with van der Waals surface area (Å²) in [6.07, 6.45) is 2.06. The van der Waals surface area contributed by atoms with Crippen molar-refractivity contribution in [3.8, 4) is 0 Å². The van der Waals surface area contributed by atoms with E-state index in [9.17, 15) is 9.59 Å². The quantitative estimate of drug-likeness (QED) is 0.506. The van der Waals surface area contributed by atoms with Crippen LogP contribution in [-0.2, 0) is 17.1 Å². The first-order valence-electron chi connectivity index (χ1n) is 9.05. The second-order valence-corrected chi connectivity index (χ2v) is 7.49. The molecule has 5 heteroatoms. The summed E-state index contributed by atoms with van der Waals surface area (Å²) < 4.78 is 1.91. The van der Waals surface area contributed by atoms with Crippen molar-refractivity contribution in [2.75, 3.05) is 11.6 Å². The van der Waals surface area contributed by atoms with E-state index in [2.05, 4.69) is 11.6 Å². The number of thioether (sulfide) groups is 1. The van der Waals surface area contributed by atoms with E-state index in [4.69, 9.17) is 0 Å². The summed E-state index contributed by atoms with van der Waals surface area (Å²) in [5.74, 6) is 0.820. The molecular weight excluding hydrogens is 368 g/mol. The number of fused-ring (bicyclic) bond motifs is 2. The predicted octanol–water partition coefficient (Wildman–Crippen LogP) is 4.66. The Labute approximate surface area is 167 Å². The topological polar surface area (TPSA) is 51.1 Å². The summed E-state index contributed by atoms with van der Waals surface area (Å²) in [5, 5.41) is 4.20. The van der Waals surface area contributed by atoms with Crippen LogP contribution < -0.4 is 10.7 Å². The van der Waals surface area contributed by atoms with E-state index < -0.39 is 0 Å². The first kappa shape index (κ1) is 18.3. The molecule has 0 bridgehead atoms. The summed E-state index contributed by atoms with van der Waals surface area (Å²) in [6.45, 7) is 0.133. The molecule has 1 amide bonds. The van der Waals surface area contributed by atoms with Crippen LogP contribution in [0.4, 0.5) is 5.69 Å². The van der Waals surface area contributed by atoms with Crippen LogP contribution in [0.2, 0.25) is 0 Å². The van der Waals surface area contributed by atoms with E-state index in [1.165, 1.54) is 5.56 Å². The van der Waals surface area contributed by atoms with Gasteiger partial charge in [-0.1, -0.05) is 36.4 Å². The summed E-state index contributed by atoms with van der Waals surface area (Å²) >= 11 is 1.76. The van der Waals surface area contributed by atoms with Crippen LogP contribution >= 0.6 is 11.8 Å². The lowest BCUT2D eigenvalue weighted by molar-refractivity contribution is -0.116. The molecule has 1 heterocycles. The number of para-hydroxylation sites is 2. The van der Waals surface area contributed by atoms with Crippen molar-refractivity contribution in [3.05, 3.63) is 88.6 Å². The van der Waals surface area contributed by atoms with Gasteiger partial charge in [0, 0.05) is 22.2 Å². The third kappa shape index (κ3) is 3.53. The van der Waals surface area contributed by atoms with Crippen molar-refractivity contribution in [1.82, 2.24) is 4.57 Å². The summed E-state index contributed by atoms with van der Waals surface area (Å²) in [4.78, 5) is 25.5. The van der Waals surface area contributed by atoms with Crippen molar-refractivity contribution in [3.63, 3.8) is 0 Å². The molecule has 140 valence electrons. The minimum absolute atomic E-state index is 0.00718. The fraction of sp³-hybridized carbons (Fsp3) is 0.130. The van der Waals surface area contributed by atoms with Gasteiger partial charge in [-0.2, -0.15) is 11.8 Å². The fourth-order valence-electron chi connectivity index (χ4n) is 3.44. The maximum absolute atomic E-state index is 12.8. The summed E-state index contributed by atoms with van der Waals surface area (Å²) in [6, 6.07) is 22.7. The molecule has 0 fully saturated rings. The van der Waals surface area contributed by atoms with Crippen LogP contribution in [0.25, 0.3) is 21.8 Å². The number of nitrogens with one attached hydrogen (secondary N) is 1. The van der Waals surface area contributed by atoms with E-state index in [1.54, 1.807) is 11.8 Å². The van der Waals surface area contributed by atoms with Gasteiger partial charge in [-0.25, -0.2) is 0 Å². The number of anilines is 1. The second kappa shape index (κ2) is 7.90. The number of pyridine rings is 1. The number of benzene rings is 3. The van der Waals surface area contributed by atoms with Crippen molar-refractivity contribution in [2.24, 2.45) is 0 Å². The molecule has 4 nitrogen and oxygen atoms in total. The zero-order valence-electron chi connectivity index (χ0n) is 15.5. The van der Waals surface area contributed by atoms with Crippen molar-refractivity contribution in [1.29, 1.82) is 0 Å². The SMILES string of the molecule is CSCc1ccc(NC(=O)Cn2c3ccccc3c(=O)c3ccccc32)cc1. The molecule has 0 aliphatic heterocycles. The zero-order chi connectivity index (χ0) is 19.5. The highest BCUT2D eigenvalue weighted by molar-refractivity contribution is 7.97. The Kier molecular flexibility index (Phi) is 5.17. The molecule has 3 aromatic carbocycles. The highest BCUT2D eigenvalue weighted by Gasteiger charge is 2.13. The number of hydrogen-bond donors (Lipinski definition) is 1.